The number of amides is 4. The van der Waals surface area contributed by atoms with Crippen molar-refractivity contribution in [3.05, 3.63) is 60.2 Å². The Morgan fingerprint density at radius 3 is 2.60 bits per heavy atom. The highest BCUT2D eigenvalue weighted by atomic mass is 79.9. The molecule has 2 aromatic rings. The normalized spacial score (nSPS) is 25.3. The molecule has 43 heavy (non-hydrogen) atoms. The number of pyridine rings is 1. The molecule has 0 bridgehead atoms. The van der Waals surface area contributed by atoms with Gasteiger partial charge in [0.25, 0.3) is 5.91 Å². The number of aromatic nitrogens is 1. The SMILES string of the molecule is C=CC(=O)N[C@H](C)C(=O)N1C[C@H](Oc2nccc3ccc(Br)cc23)C[C@H]1C(=O)N[C@]1(C(=O)NS(=O)(=O)C2CC2)C[C@H]1C=C. The molecule has 228 valence electrons. The lowest BCUT2D eigenvalue weighted by Crippen LogP contribution is -2.58. The molecule has 1 aromatic carbocycles. The van der Waals surface area contributed by atoms with E-state index in [9.17, 15) is 27.6 Å². The van der Waals surface area contributed by atoms with Gasteiger partial charge in [0.05, 0.1) is 11.8 Å². The van der Waals surface area contributed by atoms with E-state index in [0.717, 1.165) is 21.3 Å². The maximum absolute atomic E-state index is 13.8. The summed E-state index contributed by atoms with van der Waals surface area (Å²) >= 11 is 3.46. The molecule has 3 N–H and O–H groups in total. The molecular weight excluding hydrogens is 642 g/mol. The number of rotatable bonds is 11. The fourth-order valence-electron chi connectivity index (χ4n) is 5.34. The van der Waals surface area contributed by atoms with E-state index in [2.05, 4.69) is 49.4 Å². The van der Waals surface area contributed by atoms with Crippen LogP contribution in [-0.2, 0) is 29.2 Å². The molecule has 4 amide bonds. The van der Waals surface area contributed by atoms with Gasteiger partial charge in [0, 0.05) is 28.4 Å². The van der Waals surface area contributed by atoms with E-state index in [1.807, 2.05) is 24.3 Å². The van der Waals surface area contributed by atoms with E-state index >= 15 is 0 Å². The van der Waals surface area contributed by atoms with Crippen molar-refractivity contribution in [1.29, 1.82) is 0 Å². The van der Waals surface area contributed by atoms with Crippen LogP contribution in [0, 0.1) is 5.92 Å². The van der Waals surface area contributed by atoms with E-state index in [-0.39, 0.29) is 19.4 Å². The summed E-state index contributed by atoms with van der Waals surface area (Å²) in [5.41, 5.74) is -1.51. The molecule has 5 atom stereocenters. The molecule has 2 aliphatic carbocycles. The van der Waals surface area contributed by atoms with Crippen molar-refractivity contribution in [2.45, 2.75) is 61.6 Å². The Morgan fingerprint density at radius 2 is 1.95 bits per heavy atom. The number of nitrogens with zero attached hydrogens (tertiary/aromatic N) is 2. The summed E-state index contributed by atoms with van der Waals surface area (Å²) in [6.07, 6.45) is 4.62. The van der Waals surface area contributed by atoms with Crippen LogP contribution in [0.2, 0.25) is 0 Å². The average molecular weight is 675 g/mol. The molecule has 2 heterocycles. The van der Waals surface area contributed by atoms with Gasteiger partial charge in [0.2, 0.25) is 33.6 Å². The first-order valence-corrected chi connectivity index (χ1v) is 16.2. The Hall–Kier alpha value is -3.78. The van der Waals surface area contributed by atoms with Crippen LogP contribution in [0.1, 0.15) is 32.6 Å². The van der Waals surface area contributed by atoms with Crippen molar-refractivity contribution in [3.8, 4) is 5.88 Å². The molecule has 12 nitrogen and oxygen atoms in total. The number of ether oxygens (including phenoxy) is 1. The average Bonchev–Trinajstić information content (AvgIpc) is 3.89. The minimum Gasteiger partial charge on any atom is -0.472 e. The second kappa shape index (κ2) is 11.7. The largest absolute Gasteiger partial charge is 0.472 e. The predicted molar refractivity (Wildman–Crippen MR) is 161 cm³/mol. The molecule has 3 aliphatic rings. The fourth-order valence-corrected chi connectivity index (χ4v) is 7.07. The van der Waals surface area contributed by atoms with Crippen LogP contribution in [0.3, 0.4) is 0 Å². The van der Waals surface area contributed by atoms with E-state index in [0.29, 0.717) is 18.7 Å². The Labute approximate surface area is 257 Å². The molecule has 0 unspecified atom stereocenters. The lowest BCUT2D eigenvalue weighted by molar-refractivity contribution is -0.141. The monoisotopic (exact) mass is 673 g/mol. The Kier molecular flexibility index (Phi) is 8.36. The quantitative estimate of drug-likeness (QED) is 0.240. The predicted octanol–water partition coefficient (Wildman–Crippen LogP) is 1.71. The number of carbonyl (C=O) groups excluding carboxylic acids is 4. The smallest absolute Gasteiger partial charge is 0.259 e. The van der Waals surface area contributed by atoms with Gasteiger partial charge in [0.1, 0.15) is 23.7 Å². The summed E-state index contributed by atoms with van der Waals surface area (Å²) in [5.74, 6) is -2.76. The van der Waals surface area contributed by atoms with Crippen molar-refractivity contribution in [1.82, 2.24) is 25.2 Å². The first-order valence-electron chi connectivity index (χ1n) is 13.8. The molecular formula is C29H32BrN5O7S. The lowest BCUT2D eigenvalue weighted by atomic mass is 10.1. The van der Waals surface area contributed by atoms with E-state index in [1.54, 1.807) is 6.20 Å². The number of likely N-dealkylation sites (tertiary alicyclic amines) is 1. The molecule has 2 saturated carbocycles. The summed E-state index contributed by atoms with van der Waals surface area (Å²) in [6.45, 7) is 8.61. The standard InChI is InChI=1S/C29H32BrN5O7S/c1-4-18-14-29(18,28(39)34-43(40,41)21-8-9-21)33-25(37)23-13-20(15-35(23)27(38)16(3)32-24(36)5-2)42-26-22-12-19(30)7-6-17(22)10-11-31-26/h4-7,10-12,16,18,20-21,23H,1-2,8-9,13-15H2,3H3,(H,32,36)(H,33,37)(H,34,39)/t16-,18-,20-,23+,29-/m1/s1. The molecule has 0 spiro atoms. The van der Waals surface area contributed by atoms with Gasteiger partial charge in [-0.25, -0.2) is 13.4 Å². The van der Waals surface area contributed by atoms with Crippen molar-refractivity contribution < 1.29 is 32.3 Å². The Bertz CT molecular complexity index is 1630. The van der Waals surface area contributed by atoms with Gasteiger partial charge in [-0.1, -0.05) is 34.7 Å². The number of benzene rings is 1. The number of sulfonamides is 1. The van der Waals surface area contributed by atoms with Crippen LogP contribution >= 0.6 is 15.9 Å². The van der Waals surface area contributed by atoms with Gasteiger partial charge < -0.3 is 20.3 Å². The number of hydrogen-bond donors (Lipinski definition) is 3. The van der Waals surface area contributed by atoms with Crippen molar-refractivity contribution in [2.75, 3.05) is 6.54 Å². The van der Waals surface area contributed by atoms with Crippen LogP contribution in [-0.4, -0.2) is 77.5 Å². The van der Waals surface area contributed by atoms with E-state index in [1.165, 1.54) is 17.9 Å². The maximum atomic E-state index is 13.8. The zero-order valence-electron chi connectivity index (χ0n) is 23.4. The molecule has 14 heteroatoms. The van der Waals surface area contributed by atoms with E-state index < -0.39 is 68.5 Å². The summed E-state index contributed by atoms with van der Waals surface area (Å²) in [5, 5.41) is 6.23. The number of halogens is 1. The Morgan fingerprint density at radius 1 is 1.21 bits per heavy atom. The van der Waals surface area contributed by atoms with Gasteiger partial charge >= 0.3 is 0 Å². The zero-order valence-corrected chi connectivity index (χ0v) is 25.8. The fraction of sp³-hybridized carbons (Fsp3) is 0.414. The third-order valence-corrected chi connectivity index (χ3v) is 10.3. The summed E-state index contributed by atoms with van der Waals surface area (Å²) in [4.78, 5) is 58.1. The van der Waals surface area contributed by atoms with Gasteiger partial charge in [-0.15, -0.1) is 6.58 Å². The molecule has 3 fully saturated rings. The minimum absolute atomic E-state index is 0.00255. The first-order chi connectivity index (χ1) is 20.4. The zero-order chi connectivity index (χ0) is 31.1. The molecule has 5 rings (SSSR count). The van der Waals surface area contributed by atoms with Crippen LogP contribution < -0.4 is 20.1 Å². The summed E-state index contributed by atoms with van der Waals surface area (Å²) in [7, 11) is -3.86. The maximum Gasteiger partial charge on any atom is 0.259 e. The van der Waals surface area contributed by atoms with Crippen molar-refractivity contribution in [3.63, 3.8) is 0 Å². The van der Waals surface area contributed by atoms with Gasteiger partial charge in [-0.05, 0) is 55.8 Å². The molecule has 0 radical (unpaired) electrons. The number of nitrogens with one attached hydrogen (secondary N) is 3. The minimum atomic E-state index is -3.86. The Balaban J connectivity index is 1.39. The number of hydrogen-bond acceptors (Lipinski definition) is 8. The highest BCUT2D eigenvalue weighted by molar-refractivity contribution is 9.10. The lowest BCUT2D eigenvalue weighted by Gasteiger charge is -2.28. The third kappa shape index (κ3) is 6.30. The topological polar surface area (TPSA) is 164 Å². The number of fused-ring (bicyclic) bond motifs is 1. The van der Waals surface area contributed by atoms with Crippen LogP contribution in [0.25, 0.3) is 10.8 Å². The van der Waals surface area contributed by atoms with Gasteiger partial charge in [-0.2, -0.15) is 0 Å². The summed E-state index contributed by atoms with van der Waals surface area (Å²) in [6, 6.07) is 5.40. The van der Waals surface area contributed by atoms with Crippen LogP contribution in [0.5, 0.6) is 5.88 Å². The highest BCUT2D eigenvalue weighted by Crippen LogP contribution is 2.45. The van der Waals surface area contributed by atoms with E-state index in [4.69, 9.17) is 4.74 Å². The third-order valence-electron chi connectivity index (χ3n) is 7.98. The van der Waals surface area contributed by atoms with Crippen molar-refractivity contribution in [2.24, 2.45) is 5.92 Å². The molecule has 1 aromatic heterocycles. The van der Waals surface area contributed by atoms with Crippen LogP contribution in [0.4, 0.5) is 0 Å². The van der Waals surface area contributed by atoms with Gasteiger partial charge in [-0.3, -0.25) is 23.9 Å². The summed E-state index contributed by atoms with van der Waals surface area (Å²) < 4.78 is 34.1. The van der Waals surface area contributed by atoms with Crippen molar-refractivity contribution >= 4 is 60.4 Å². The van der Waals surface area contributed by atoms with Gasteiger partial charge in [0.15, 0.2) is 0 Å². The first kappa shape index (κ1) is 30.7. The van der Waals surface area contributed by atoms with Crippen LogP contribution in [0.15, 0.2) is 60.2 Å². The second-order valence-electron chi connectivity index (χ2n) is 11.1. The molecule has 1 saturated heterocycles. The second-order valence-corrected chi connectivity index (χ2v) is 14.0. The number of carbonyl (C=O) groups is 4. The highest BCUT2D eigenvalue weighted by Gasteiger charge is 2.62. The molecule has 1 aliphatic heterocycles.